The lowest BCUT2D eigenvalue weighted by molar-refractivity contribution is -0.385. The van der Waals surface area contributed by atoms with E-state index in [0.717, 1.165) is 5.56 Å². The molecule has 0 saturated carbocycles. The molecule has 0 unspecified atom stereocenters. The van der Waals surface area contributed by atoms with E-state index in [-0.39, 0.29) is 11.4 Å². The van der Waals surface area contributed by atoms with Crippen molar-refractivity contribution >= 4 is 5.69 Å². The SMILES string of the molecule is Cc1cccc(C#N)c1Oc1c(C)cccc1[N+](=O)[O-]. The van der Waals surface area contributed by atoms with E-state index in [1.165, 1.54) is 6.07 Å². The van der Waals surface area contributed by atoms with Gasteiger partial charge in [-0.05, 0) is 31.0 Å². The molecule has 0 fully saturated rings. The van der Waals surface area contributed by atoms with Crippen LogP contribution in [0.2, 0.25) is 0 Å². The number of nitro groups is 1. The molecular formula is C15H12N2O3. The van der Waals surface area contributed by atoms with Crippen molar-refractivity contribution in [2.24, 2.45) is 0 Å². The predicted molar refractivity (Wildman–Crippen MR) is 73.8 cm³/mol. The van der Waals surface area contributed by atoms with Crippen LogP contribution in [-0.2, 0) is 0 Å². The van der Waals surface area contributed by atoms with Crippen molar-refractivity contribution in [1.29, 1.82) is 5.26 Å². The molecule has 100 valence electrons. The van der Waals surface area contributed by atoms with E-state index in [9.17, 15) is 10.1 Å². The van der Waals surface area contributed by atoms with E-state index in [4.69, 9.17) is 10.00 Å². The topological polar surface area (TPSA) is 76.2 Å². The van der Waals surface area contributed by atoms with Gasteiger partial charge in [0.25, 0.3) is 0 Å². The van der Waals surface area contributed by atoms with Crippen molar-refractivity contribution in [2.45, 2.75) is 13.8 Å². The average Bonchev–Trinajstić information content (AvgIpc) is 2.42. The zero-order chi connectivity index (χ0) is 14.7. The number of para-hydroxylation sites is 2. The summed E-state index contributed by atoms with van der Waals surface area (Å²) in [7, 11) is 0. The Morgan fingerprint density at radius 1 is 1.10 bits per heavy atom. The second kappa shape index (κ2) is 5.41. The van der Waals surface area contributed by atoms with Crippen LogP contribution in [0.15, 0.2) is 36.4 Å². The Morgan fingerprint density at radius 3 is 2.30 bits per heavy atom. The molecule has 2 aromatic carbocycles. The third-order valence-electron chi connectivity index (χ3n) is 2.92. The van der Waals surface area contributed by atoms with Gasteiger partial charge in [-0.2, -0.15) is 5.26 Å². The Labute approximate surface area is 116 Å². The highest BCUT2D eigenvalue weighted by atomic mass is 16.6. The zero-order valence-electron chi connectivity index (χ0n) is 11.1. The number of nitro benzene ring substituents is 1. The molecule has 0 saturated heterocycles. The van der Waals surface area contributed by atoms with Crippen molar-refractivity contribution in [1.82, 2.24) is 0 Å². The summed E-state index contributed by atoms with van der Waals surface area (Å²) in [6.45, 7) is 3.52. The van der Waals surface area contributed by atoms with Gasteiger partial charge in [-0.15, -0.1) is 0 Å². The summed E-state index contributed by atoms with van der Waals surface area (Å²) >= 11 is 0. The number of hydrogen-bond donors (Lipinski definition) is 0. The zero-order valence-corrected chi connectivity index (χ0v) is 11.1. The number of nitriles is 1. The first-order valence-corrected chi connectivity index (χ1v) is 5.96. The van der Waals surface area contributed by atoms with Gasteiger partial charge < -0.3 is 4.74 Å². The third kappa shape index (κ3) is 2.45. The monoisotopic (exact) mass is 268 g/mol. The van der Waals surface area contributed by atoms with Gasteiger partial charge in [0.15, 0.2) is 0 Å². The Hall–Kier alpha value is -2.87. The molecule has 2 rings (SSSR count). The molecule has 0 aliphatic heterocycles. The van der Waals surface area contributed by atoms with Crippen molar-refractivity contribution in [3.05, 3.63) is 63.2 Å². The largest absolute Gasteiger partial charge is 0.448 e. The quantitative estimate of drug-likeness (QED) is 0.625. The molecular weight excluding hydrogens is 256 g/mol. The van der Waals surface area contributed by atoms with Crippen molar-refractivity contribution < 1.29 is 9.66 Å². The fourth-order valence-electron chi connectivity index (χ4n) is 1.89. The molecule has 5 heteroatoms. The molecule has 0 aromatic heterocycles. The maximum absolute atomic E-state index is 11.1. The molecule has 2 aromatic rings. The Balaban J connectivity index is 2.57. The number of rotatable bonds is 3. The van der Waals surface area contributed by atoms with Crippen LogP contribution in [0.5, 0.6) is 11.5 Å². The number of hydrogen-bond acceptors (Lipinski definition) is 4. The predicted octanol–water partition coefficient (Wildman–Crippen LogP) is 3.88. The molecule has 0 radical (unpaired) electrons. The Morgan fingerprint density at radius 2 is 1.70 bits per heavy atom. The molecule has 0 N–H and O–H groups in total. The smallest absolute Gasteiger partial charge is 0.311 e. The first kappa shape index (κ1) is 13.6. The summed E-state index contributed by atoms with van der Waals surface area (Å²) < 4.78 is 5.69. The minimum absolute atomic E-state index is 0.114. The molecule has 20 heavy (non-hydrogen) atoms. The minimum atomic E-state index is -0.493. The summed E-state index contributed by atoms with van der Waals surface area (Å²) in [4.78, 5) is 10.6. The Kier molecular flexibility index (Phi) is 3.67. The fraction of sp³-hybridized carbons (Fsp3) is 0.133. The van der Waals surface area contributed by atoms with Crippen LogP contribution in [0.3, 0.4) is 0 Å². The summed E-state index contributed by atoms with van der Waals surface area (Å²) in [6, 6.07) is 11.9. The lowest BCUT2D eigenvalue weighted by Gasteiger charge is -2.12. The number of benzene rings is 2. The number of ether oxygens (including phenoxy) is 1. The van der Waals surface area contributed by atoms with E-state index < -0.39 is 4.92 Å². The normalized spacial score (nSPS) is 9.85. The summed E-state index contributed by atoms with van der Waals surface area (Å²) in [5, 5.41) is 20.2. The van der Waals surface area contributed by atoms with E-state index in [1.54, 1.807) is 44.2 Å². The maximum atomic E-state index is 11.1. The molecule has 0 spiro atoms. The van der Waals surface area contributed by atoms with Crippen LogP contribution in [0.1, 0.15) is 16.7 Å². The van der Waals surface area contributed by atoms with Crippen LogP contribution in [0.25, 0.3) is 0 Å². The molecule has 0 atom stereocenters. The Bertz CT molecular complexity index is 718. The van der Waals surface area contributed by atoms with Gasteiger partial charge in [0.2, 0.25) is 5.75 Å². The third-order valence-corrected chi connectivity index (χ3v) is 2.92. The van der Waals surface area contributed by atoms with E-state index in [2.05, 4.69) is 0 Å². The van der Waals surface area contributed by atoms with Crippen LogP contribution in [-0.4, -0.2) is 4.92 Å². The first-order valence-electron chi connectivity index (χ1n) is 5.96. The van der Waals surface area contributed by atoms with Crippen molar-refractivity contribution in [2.75, 3.05) is 0 Å². The van der Waals surface area contributed by atoms with Gasteiger partial charge in [0.1, 0.15) is 11.8 Å². The van der Waals surface area contributed by atoms with Crippen molar-refractivity contribution in [3.8, 4) is 17.6 Å². The number of aryl methyl sites for hydroxylation is 2. The second-order valence-electron chi connectivity index (χ2n) is 4.35. The van der Waals surface area contributed by atoms with Gasteiger partial charge >= 0.3 is 5.69 Å². The van der Waals surface area contributed by atoms with Crippen LogP contribution in [0, 0.1) is 35.3 Å². The van der Waals surface area contributed by atoms with E-state index in [0.29, 0.717) is 16.9 Å². The molecule has 0 amide bonds. The number of nitrogens with zero attached hydrogens (tertiary/aromatic N) is 2. The molecule has 0 aliphatic carbocycles. The second-order valence-corrected chi connectivity index (χ2v) is 4.35. The standard InChI is InChI=1S/C15H12N2O3/c1-10-5-3-7-12(9-16)14(10)20-15-11(2)6-4-8-13(15)17(18)19/h3-8H,1-2H3. The summed E-state index contributed by atoms with van der Waals surface area (Å²) in [5.41, 5.74) is 1.63. The molecule has 0 bridgehead atoms. The average molecular weight is 268 g/mol. The van der Waals surface area contributed by atoms with E-state index in [1.807, 2.05) is 6.07 Å². The summed E-state index contributed by atoms with van der Waals surface area (Å²) in [6.07, 6.45) is 0. The van der Waals surface area contributed by atoms with Crippen molar-refractivity contribution in [3.63, 3.8) is 0 Å². The molecule has 0 aliphatic rings. The van der Waals surface area contributed by atoms with Crippen LogP contribution >= 0.6 is 0 Å². The van der Waals surface area contributed by atoms with Crippen LogP contribution < -0.4 is 4.74 Å². The lowest BCUT2D eigenvalue weighted by Crippen LogP contribution is -1.98. The minimum Gasteiger partial charge on any atom is -0.448 e. The maximum Gasteiger partial charge on any atom is 0.311 e. The molecule has 5 nitrogen and oxygen atoms in total. The van der Waals surface area contributed by atoms with E-state index >= 15 is 0 Å². The van der Waals surface area contributed by atoms with Crippen LogP contribution in [0.4, 0.5) is 5.69 Å². The fourth-order valence-corrected chi connectivity index (χ4v) is 1.89. The van der Waals surface area contributed by atoms with Gasteiger partial charge in [0, 0.05) is 6.07 Å². The highest BCUT2D eigenvalue weighted by Crippen LogP contribution is 2.36. The highest BCUT2D eigenvalue weighted by Gasteiger charge is 2.19. The van der Waals surface area contributed by atoms with Gasteiger partial charge in [-0.1, -0.05) is 24.3 Å². The summed E-state index contributed by atoms with van der Waals surface area (Å²) in [5.74, 6) is 0.524. The van der Waals surface area contributed by atoms with Gasteiger partial charge in [-0.25, -0.2) is 0 Å². The van der Waals surface area contributed by atoms with Gasteiger partial charge in [-0.3, -0.25) is 10.1 Å². The van der Waals surface area contributed by atoms with Gasteiger partial charge in [0.05, 0.1) is 10.5 Å². The highest BCUT2D eigenvalue weighted by molar-refractivity contribution is 5.56. The molecule has 0 heterocycles. The first-order chi connectivity index (χ1) is 9.54. The lowest BCUT2D eigenvalue weighted by atomic mass is 10.1.